The molecule has 0 spiro atoms. The Kier molecular flexibility index (Phi) is 7.19. The minimum Gasteiger partial charge on any atom is -0.507 e. The van der Waals surface area contributed by atoms with Crippen LogP contribution in [0.1, 0.15) is 33.9 Å². The normalized spacial score (nSPS) is 11.8. The molecule has 3 rings (SSSR count). The molecular weight excluding hydrogens is 402 g/mol. The predicted octanol–water partition coefficient (Wildman–Crippen LogP) is 4.06. The van der Waals surface area contributed by atoms with Crippen LogP contribution in [-0.4, -0.2) is 23.1 Å². The SMILES string of the molecule is O=C(C[C@H](NC(=O)c1ccccc1)c1ccccc1)N/N=C\c1cc(Cl)ccc1O. The maximum absolute atomic E-state index is 12.6. The van der Waals surface area contributed by atoms with Gasteiger partial charge in [-0.3, -0.25) is 9.59 Å². The molecule has 1 atom stereocenters. The summed E-state index contributed by atoms with van der Waals surface area (Å²) in [4.78, 5) is 25.0. The average molecular weight is 422 g/mol. The first kappa shape index (κ1) is 21.1. The zero-order chi connectivity index (χ0) is 21.3. The number of hydrogen-bond donors (Lipinski definition) is 3. The summed E-state index contributed by atoms with van der Waals surface area (Å²) in [6.07, 6.45) is 1.29. The van der Waals surface area contributed by atoms with E-state index in [9.17, 15) is 14.7 Å². The molecule has 7 heteroatoms. The maximum Gasteiger partial charge on any atom is 0.251 e. The van der Waals surface area contributed by atoms with Crippen LogP contribution in [0.2, 0.25) is 5.02 Å². The number of aromatic hydroxyl groups is 1. The fraction of sp³-hybridized carbons (Fsp3) is 0.0870. The third-order valence-electron chi connectivity index (χ3n) is 4.32. The molecule has 0 aliphatic heterocycles. The summed E-state index contributed by atoms with van der Waals surface area (Å²) in [6.45, 7) is 0. The van der Waals surface area contributed by atoms with Crippen LogP contribution in [0.15, 0.2) is 84.0 Å². The minimum atomic E-state index is -0.534. The van der Waals surface area contributed by atoms with Crippen molar-refractivity contribution in [2.24, 2.45) is 5.10 Å². The molecule has 30 heavy (non-hydrogen) atoms. The number of carbonyl (C=O) groups is 2. The van der Waals surface area contributed by atoms with E-state index in [2.05, 4.69) is 15.8 Å². The Bertz CT molecular complexity index is 1040. The van der Waals surface area contributed by atoms with Gasteiger partial charge in [0.25, 0.3) is 5.91 Å². The summed E-state index contributed by atoms with van der Waals surface area (Å²) in [5.74, 6) is -0.672. The lowest BCUT2D eigenvalue weighted by atomic mass is 10.0. The Hall–Kier alpha value is -3.64. The van der Waals surface area contributed by atoms with Gasteiger partial charge in [-0.05, 0) is 35.9 Å². The average Bonchev–Trinajstić information content (AvgIpc) is 2.77. The molecule has 3 aromatic rings. The van der Waals surface area contributed by atoms with Crippen LogP contribution in [0, 0.1) is 0 Å². The molecule has 0 saturated carbocycles. The molecule has 0 radical (unpaired) electrons. The van der Waals surface area contributed by atoms with E-state index in [0.29, 0.717) is 16.1 Å². The summed E-state index contributed by atoms with van der Waals surface area (Å²) in [5.41, 5.74) is 4.10. The molecule has 0 aromatic heterocycles. The van der Waals surface area contributed by atoms with Crippen molar-refractivity contribution in [3.05, 3.63) is 101 Å². The van der Waals surface area contributed by atoms with Gasteiger partial charge in [0.2, 0.25) is 5.91 Å². The smallest absolute Gasteiger partial charge is 0.251 e. The van der Waals surface area contributed by atoms with Gasteiger partial charge in [-0.1, -0.05) is 60.1 Å². The highest BCUT2D eigenvalue weighted by atomic mass is 35.5. The van der Waals surface area contributed by atoms with Gasteiger partial charge < -0.3 is 10.4 Å². The first-order valence-electron chi connectivity index (χ1n) is 9.24. The van der Waals surface area contributed by atoms with E-state index in [-0.39, 0.29) is 18.1 Å². The first-order chi connectivity index (χ1) is 14.5. The van der Waals surface area contributed by atoms with Gasteiger partial charge in [-0.2, -0.15) is 5.10 Å². The van der Waals surface area contributed by atoms with Crippen molar-refractivity contribution >= 4 is 29.6 Å². The lowest BCUT2D eigenvalue weighted by Crippen LogP contribution is -2.32. The fourth-order valence-electron chi connectivity index (χ4n) is 2.80. The van der Waals surface area contributed by atoms with E-state index < -0.39 is 11.9 Å². The Morgan fingerprint density at radius 2 is 1.67 bits per heavy atom. The van der Waals surface area contributed by atoms with Crippen LogP contribution in [0.25, 0.3) is 0 Å². The number of phenols is 1. The number of halogens is 1. The highest BCUT2D eigenvalue weighted by molar-refractivity contribution is 6.30. The highest BCUT2D eigenvalue weighted by Crippen LogP contribution is 2.20. The van der Waals surface area contributed by atoms with E-state index in [1.54, 1.807) is 30.3 Å². The quantitative estimate of drug-likeness (QED) is 0.397. The van der Waals surface area contributed by atoms with Crippen molar-refractivity contribution in [2.75, 3.05) is 0 Å². The van der Waals surface area contributed by atoms with E-state index in [4.69, 9.17) is 11.6 Å². The molecule has 0 bridgehead atoms. The van der Waals surface area contributed by atoms with Gasteiger partial charge in [-0.25, -0.2) is 5.43 Å². The van der Waals surface area contributed by atoms with Crippen molar-refractivity contribution in [3.8, 4) is 5.75 Å². The van der Waals surface area contributed by atoms with Crippen LogP contribution < -0.4 is 10.7 Å². The van der Waals surface area contributed by atoms with Crippen LogP contribution in [0.5, 0.6) is 5.75 Å². The van der Waals surface area contributed by atoms with Gasteiger partial charge in [0.15, 0.2) is 0 Å². The minimum absolute atomic E-state index is 0.00492. The van der Waals surface area contributed by atoms with Crippen molar-refractivity contribution in [2.45, 2.75) is 12.5 Å². The summed E-state index contributed by atoms with van der Waals surface area (Å²) < 4.78 is 0. The highest BCUT2D eigenvalue weighted by Gasteiger charge is 2.19. The monoisotopic (exact) mass is 421 g/mol. The largest absolute Gasteiger partial charge is 0.507 e. The molecule has 0 saturated heterocycles. The second kappa shape index (κ2) is 10.2. The van der Waals surface area contributed by atoms with Gasteiger partial charge in [-0.15, -0.1) is 0 Å². The number of nitrogens with one attached hydrogen (secondary N) is 2. The fourth-order valence-corrected chi connectivity index (χ4v) is 2.98. The number of amides is 2. The van der Waals surface area contributed by atoms with Gasteiger partial charge in [0, 0.05) is 16.1 Å². The summed E-state index contributed by atoms with van der Waals surface area (Å²) >= 11 is 5.89. The van der Waals surface area contributed by atoms with Gasteiger partial charge in [0.05, 0.1) is 18.7 Å². The number of hydrazone groups is 1. The zero-order valence-electron chi connectivity index (χ0n) is 16.0. The molecule has 0 aliphatic carbocycles. The molecule has 0 unspecified atom stereocenters. The van der Waals surface area contributed by atoms with Crippen LogP contribution >= 0.6 is 11.6 Å². The van der Waals surface area contributed by atoms with Gasteiger partial charge >= 0.3 is 0 Å². The second-order valence-electron chi connectivity index (χ2n) is 6.50. The number of hydrogen-bond acceptors (Lipinski definition) is 4. The van der Waals surface area contributed by atoms with Crippen LogP contribution in [0.3, 0.4) is 0 Å². The Labute approximate surface area is 179 Å². The Morgan fingerprint density at radius 1 is 1.00 bits per heavy atom. The third-order valence-corrected chi connectivity index (χ3v) is 4.55. The number of benzene rings is 3. The Morgan fingerprint density at radius 3 is 2.37 bits per heavy atom. The summed E-state index contributed by atoms with van der Waals surface area (Å²) in [5, 5.41) is 17.0. The molecular formula is C23H20ClN3O3. The zero-order valence-corrected chi connectivity index (χ0v) is 16.7. The van der Waals surface area contributed by atoms with Crippen molar-refractivity contribution in [1.82, 2.24) is 10.7 Å². The van der Waals surface area contributed by atoms with Crippen molar-refractivity contribution in [1.29, 1.82) is 0 Å². The van der Waals surface area contributed by atoms with Gasteiger partial charge in [0.1, 0.15) is 5.75 Å². The molecule has 0 aliphatic rings. The van der Waals surface area contributed by atoms with E-state index in [1.165, 1.54) is 18.3 Å². The van der Waals surface area contributed by atoms with Crippen molar-refractivity contribution in [3.63, 3.8) is 0 Å². The third kappa shape index (κ3) is 5.93. The predicted molar refractivity (Wildman–Crippen MR) is 117 cm³/mol. The molecule has 152 valence electrons. The molecule has 3 N–H and O–H groups in total. The molecule has 3 aromatic carbocycles. The number of rotatable bonds is 7. The van der Waals surface area contributed by atoms with Crippen LogP contribution in [0.4, 0.5) is 0 Å². The lowest BCUT2D eigenvalue weighted by Gasteiger charge is -2.18. The summed E-state index contributed by atoms with van der Waals surface area (Å²) in [7, 11) is 0. The lowest BCUT2D eigenvalue weighted by molar-refractivity contribution is -0.121. The maximum atomic E-state index is 12.6. The number of phenolic OH excluding ortho intramolecular Hbond substituents is 1. The molecule has 6 nitrogen and oxygen atoms in total. The standard InChI is InChI=1S/C23H20ClN3O3/c24-19-11-12-21(28)18(13-19)15-25-27-22(29)14-20(16-7-3-1-4-8-16)26-23(30)17-9-5-2-6-10-17/h1-13,15,20,28H,14H2,(H,26,30)(H,27,29)/b25-15-/t20-/m0/s1. The second-order valence-corrected chi connectivity index (χ2v) is 6.94. The Balaban J connectivity index is 1.68. The summed E-state index contributed by atoms with van der Waals surface area (Å²) in [6, 6.07) is 22.0. The molecule has 0 fully saturated rings. The topological polar surface area (TPSA) is 90.8 Å². The van der Waals surface area contributed by atoms with E-state index in [1.807, 2.05) is 36.4 Å². The van der Waals surface area contributed by atoms with E-state index >= 15 is 0 Å². The van der Waals surface area contributed by atoms with E-state index in [0.717, 1.165) is 5.56 Å². The molecule has 0 heterocycles. The number of nitrogens with zero attached hydrogens (tertiary/aromatic N) is 1. The van der Waals surface area contributed by atoms with Crippen molar-refractivity contribution < 1.29 is 14.7 Å². The number of carbonyl (C=O) groups excluding carboxylic acids is 2. The molecule has 2 amide bonds. The first-order valence-corrected chi connectivity index (χ1v) is 9.62. The van der Waals surface area contributed by atoms with Crippen LogP contribution in [-0.2, 0) is 4.79 Å².